The van der Waals surface area contributed by atoms with Gasteiger partial charge in [0.25, 0.3) is 0 Å². The quantitative estimate of drug-likeness (QED) is 0.626. The molecule has 6 heteroatoms. The Morgan fingerprint density at radius 1 is 0.778 bits per heavy atom. The Morgan fingerprint density at radius 3 is 1.78 bits per heavy atom. The first-order valence-electron chi connectivity index (χ1n) is 5.07. The molecule has 0 aliphatic heterocycles. The fourth-order valence-corrected chi connectivity index (χ4v) is 1.75. The molecular weight excluding hydrogens is 255 g/mol. The maximum absolute atomic E-state index is 12.6. The van der Waals surface area contributed by atoms with Gasteiger partial charge in [-0.05, 0) is 36.4 Å². The Hall–Kier alpha value is -2.08. The number of halogens is 1. The summed E-state index contributed by atoms with van der Waals surface area (Å²) in [7, 11) is -4.66. The highest BCUT2D eigenvalue weighted by Gasteiger charge is 2.10. The van der Waals surface area contributed by atoms with Gasteiger partial charge in [-0.2, -0.15) is 18.6 Å². The topological polar surface area (TPSA) is 58.9 Å². The molecule has 92 valence electrons. The smallest absolute Gasteiger partial charge is 0.189 e. The monoisotopic (exact) mass is 264 g/mol. The van der Waals surface area contributed by atoms with Gasteiger partial charge >= 0.3 is 10.2 Å². The van der Waals surface area contributed by atoms with Crippen LogP contribution in [0.1, 0.15) is 0 Å². The third-order valence-corrected chi connectivity index (χ3v) is 2.99. The third-order valence-electron chi connectivity index (χ3n) is 2.16. The minimum Gasteiger partial charge on any atom is -0.189 e. The zero-order valence-electron chi connectivity index (χ0n) is 9.19. The van der Waals surface area contributed by atoms with Crippen molar-refractivity contribution < 1.29 is 12.3 Å². The van der Waals surface area contributed by atoms with Crippen LogP contribution in [0.2, 0.25) is 0 Å². The second kappa shape index (κ2) is 5.05. The summed E-state index contributed by atoms with van der Waals surface area (Å²) in [6, 6.07) is 14.1. The van der Waals surface area contributed by atoms with Crippen LogP contribution >= 0.6 is 0 Å². The van der Waals surface area contributed by atoms with E-state index in [1.165, 1.54) is 12.1 Å². The van der Waals surface area contributed by atoms with Crippen molar-refractivity contribution in [2.24, 2.45) is 10.2 Å². The molecule has 0 aromatic heterocycles. The van der Waals surface area contributed by atoms with Crippen molar-refractivity contribution in [3.8, 4) is 0 Å². The predicted octanol–water partition coefficient (Wildman–Crippen LogP) is 3.76. The van der Waals surface area contributed by atoms with E-state index in [4.69, 9.17) is 0 Å². The number of nitrogens with zero attached hydrogens (tertiary/aromatic N) is 2. The van der Waals surface area contributed by atoms with Crippen LogP contribution in [-0.2, 0) is 10.2 Å². The molecule has 2 aromatic rings. The van der Waals surface area contributed by atoms with Crippen LogP contribution < -0.4 is 0 Å². The largest absolute Gasteiger partial charge is 0.332 e. The van der Waals surface area contributed by atoms with Gasteiger partial charge in [0.15, 0.2) is 0 Å². The third kappa shape index (κ3) is 3.21. The fourth-order valence-electron chi connectivity index (χ4n) is 1.29. The molecule has 0 aliphatic rings. The van der Waals surface area contributed by atoms with Gasteiger partial charge in [-0.3, -0.25) is 0 Å². The van der Waals surface area contributed by atoms with Crippen LogP contribution in [0.3, 0.4) is 0 Å². The highest BCUT2D eigenvalue weighted by atomic mass is 32.3. The van der Waals surface area contributed by atoms with Gasteiger partial charge < -0.3 is 0 Å². The number of rotatable bonds is 3. The molecule has 0 atom stereocenters. The zero-order chi connectivity index (χ0) is 13.0. The van der Waals surface area contributed by atoms with E-state index in [9.17, 15) is 12.3 Å². The number of hydrogen-bond donors (Lipinski definition) is 0. The van der Waals surface area contributed by atoms with Gasteiger partial charge in [0, 0.05) is 0 Å². The first-order chi connectivity index (χ1) is 8.55. The lowest BCUT2D eigenvalue weighted by Crippen LogP contribution is -1.89. The van der Waals surface area contributed by atoms with Gasteiger partial charge in [0.1, 0.15) is 0 Å². The summed E-state index contributed by atoms with van der Waals surface area (Å²) in [5.41, 5.74) is 1.13. The minimum absolute atomic E-state index is 0.388. The summed E-state index contributed by atoms with van der Waals surface area (Å²) in [5, 5.41) is 7.86. The molecule has 4 nitrogen and oxygen atoms in total. The van der Waals surface area contributed by atoms with E-state index < -0.39 is 10.2 Å². The van der Waals surface area contributed by atoms with Crippen LogP contribution in [0.4, 0.5) is 15.3 Å². The summed E-state index contributed by atoms with van der Waals surface area (Å²) >= 11 is 0. The molecule has 2 aromatic carbocycles. The zero-order valence-corrected chi connectivity index (χ0v) is 10.0. The molecule has 0 unspecified atom stereocenters. The molecule has 0 bridgehead atoms. The molecule has 0 saturated carbocycles. The van der Waals surface area contributed by atoms with Gasteiger partial charge in [-0.25, -0.2) is 0 Å². The highest BCUT2D eigenvalue weighted by Crippen LogP contribution is 2.20. The summed E-state index contributed by atoms with van der Waals surface area (Å²) in [6.45, 7) is 0. The lowest BCUT2D eigenvalue weighted by molar-refractivity contribution is 0.552. The molecule has 0 amide bonds. The Bertz CT molecular complexity index is 652. The molecule has 0 aliphatic carbocycles. The lowest BCUT2D eigenvalue weighted by atomic mass is 10.3. The molecule has 18 heavy (non-hydrogen) atoms. The molecular formula is C12H9FN2O2S. The van der Waals surface area contributed by atoms with E-state index in [0.717, 1.165) is 12.1 Å². The van der Waals surface area contributed by atoms with E-state index in [2.05, 4.69) is 10.2 Å². The maximum atomic E-state index is 12.6. The summed E-state index contributed by atoms with van der Waals surface area (Å²) < 4.78 is 33.8. The standard InChI is InChI=1S/C12H9FN2O2S/c13-18(16,17)12-8-6-11(7-9-12)15-14-10-4-2-1-3-5-10/h1-9H. The predicted molar refractivity (Wildman–Crippen MR) is 65.4 cm³/mol. The minimum atomic E-state index is -4.66. The van der Waals surface area contributed by atoms with Crippen LogP contribution in [-0.4, -0.2) is 8.42 Å². The average Bonchev–Trinajstić information content (AvgIpc) is 2.37. The average molecular weight is 264 g/mol. The fraction of sp³-hybridized carbons (Fsp3) is 0. The van der Waals surface area contributed by atoms with Crippen molar-refractivity contribution in [1.82, 2.24) is 0 Å². The van der Waals surface area contributed by atoms with E-state index in [0.29, 0.717) is 11.4 Å². The Balaban J connectivity index is 2.19. The summed E-state index contributed by atoms with van der Waals surface area (Å²) in [4.78, 5) is -0.388. The van der Waals surface area contributed by atoms with Crippen molar-refractivity contribution >= 4 is 21.6 Å². The van der Waals surface area contributed by atoms with Crippen LogP contribution in [0.25, 0.3) is 0 Å². The molecule has 0 saturated heterocycles. The van der Waals surface area contributed by atoms with Crippen LogP contribution in [0, 0.1) is 0 Å². The first-order valence-corrected chi connectivity index (χ1v) is 6.45. The van der Waals surface area contributed by atoms with Gasteiger partial charge in [0.05, 0.1) is 16.3 Å². The lowest BCUT2D eigenvalue weighted by Gasteiger charge is -1.95. The van der Waals surface area contributed by atoms with Gasteiger partial charge in [0.2, 0.25) is 0 Å². The second-order valence-electron chi connectivity index (χ2n) is 3.47. The van der Waals surface area contributed by atoms with Crippen molar-refractivity contribution in [3.63, 3.8) is 0 Å². The Kier molecular flexibility index (Phi) is 3.47. The van der Waals surface area contributed by atoms with E-state index >= 15 is 0 Å². The molecule has 0 heterocycles. The molecule has 0 radical (unpaired) electrons. The Morgan fingerprint density at radius 2 is 1.28 bits per heavy atom. The second-order valence-corrected chi connectivity index (χ2v) is 4.81. The van der Waals surface area contributed by atoms with Crippen molar-refractivity contribution in [2.75, 3.05) is 0 Å². The molecule has 0 spiro atoms. The molecule has 0 N–H and O–H groups in total. The number of benzene rings is 2. The van der Waals surface area contributed by atoms with Gasteiger partial charge in [-0.15, -0.1) is 3.89 Å². The van der Waals surface area contributed by atoms with Crippen molar-refractivity contribution in [3.05, 3.63) is 54.6 Å². The normalized spacial score (nSPS) is 11.8. The van der Waals surface area contributed by atoms with E-state index in [1.807, 2.05) is 18.2 Å². The van der Waals surface area contributed by atoms with Gasteiger partial charge in [-0.1, -0.05) is 18.2 Å². The Labute approximate surface area is 104 Å². The first kappa shape index (κ1) is 12.4. The van der Waals surface area contributed by atoms with E-state index in [-0.39, 0.29) is 4.90 Å². The van der Waals surface area contributed by atoms with E-state index in [1.54, 1.807) is 12.1 Å². The number of hydrogen-bond acceptors (Lipinski definition) is 4. The molecule has 2 rings (SSSR count). The summed E-state index contributed by atoms with van der Waals surface area (Å²) in [6.07, 6.45) is 0. The summed E-state index contributed by atoms with van der Waals surface area (Å²) in [5.74, 6) is 0. The number of azo groups is 1. The van der Waals surface area contributed by atoms with Crippen LogP contribution in [0.15, 0.2) is 69.7 Å². The SMILES string of the molecule is O=S(=O)(F)c1ccc(N=Nc2ccccc2)cc1. The van der Waals surface area contributed by atoms with Crippen molar-refractivity contribution in [1.29, 1.82) is 0 Å². The highest BCUT2D eigenvalue weighted by molar-refractivity contribution is 7.86. The van der Waals surface area contributed by atoms with Crippen LogP contribution in [0.5, 0.6) is 0 Å². The van der Waals surface area contributed by atoms with Crippen molar-refractivity contribution in [2.45, 2.75) is 4.90 Å². The molecule has 0 fully saturated rings. The maximum Gasteiger partial charge on any atom is 0.332 e.